The van der Waals surface area contributed by atoms with Crippen molar-refractivity contribution in [3.05, 3.63) is 47.5 Å². The monoisotopic (exact) mass is 271 g/mol. The minimum absolute atomic E-state index is 0.478. The van der Waals surface area contributed by atoms with Gasteiger partial charge in [-0.15, -0.1) is 0 Å². The van der Waals surface area contributed by atoms with Crippen molar-refractivity contribution in [1.29, 1.82) is 0 Å². The van der Waals surface area contributed by atoms with Crippen LogP contribution in [0.4, 0.5) is 0 Å². The van der Waals surface area contributed by atoms with Crippen molar-refractivity contribution in [1.82, 2.24) is 14.9 Å². The summed E-state index contributed by atoms with van der Waals surface area (Å²) in [6.07, 6.45) is 5.99. The minimum atomic E-state index is 0.478. The number of nitrogens with zero attached hydrogens (tertiary/aromatic N) is 2. The van der Waals surface area contributed by atoms with E-state index in [0.717, 1.165) is 31.0 Å². The van der Waals surface area contributed by atoms with Crippen LogP contribution in [0.2, 0.25) is 0 Å². The summed E-state index contributed by atoms with van der Waals surface area (Å²) in [6, 6.07) is 6.84. The van der Waals surface area contributed by atoms with Gasteiger partial charge in [0.1, 0.15) is 18.2 Å². The molecule has 4 heteroatoms. The second-order valence-electron chi connectivity index (χ2n) is 5.22. The normalized spacial score (nSPS) is 17.2. The van der Waals surface area contributed by atoms with Crippen molar-refractivity contribution in [3.63, 3.8) is 0 Å². The molecule has 0 bridgehead atoms. The van der Waals surface area contributed by atoms with Crippen molar-refractivity contribution < 1.29 is 4.74 Å². The van der Waals surface area contributed by atoms with E-state index in [-0.39, 0.29) is 0 Å². The molecule has 0 aliphatic heterocycles. The first-order valence-electron chi connectivity index (χ1n) is 7.23. The largest absolute Gasteiger partial charge is 0.485 e. The molecule has 0 spiro atoms. The number of imidazole rings is 1. The quantitative estimate of drug-likeness (QED) is 0.908. The molecule has 106 valence electrons. The molecule has 4 nitrogen and oxygen atoms in total. The fourth-order valence-corrected chi connectivity index (χ4v) is 2.89. The van der Waals surface area contributed by atoms with E-state index in [0.29, 0.717) is 12.6 Å². The fraction of sp³-hybridized carbons (Fsp3) is 0.438. The molecule has 1 N–H and O–H groups in total. The van der Waals surface area contributed by atoms with Gasteiger partial charge in [-0.1, -0.05) is 19.1 Å². The van der Waals surface area contributed by atoms with Gasteiger partial charge in [0.25, 0.3) is 0 Å². The number of aryl methyl sites for hydroxylation is 1. The van der Waals surface area contributed by atoms with Crippen LogP contribution < -0.4 is 10.1 Å². The van der Waals surface area contributed by atoms with Gasteiger partial charge in [0.15, 0.2) is 0 Å². The van der Waals surface area contributed by atoms with Crippen LogP contribution in [0.25, 0.3) is 0 Å². The van der Waals surface area contributed by atoms with Crippen molar-refractivity contribution in [2.24, 2.45) is 7.05 Å². The summed E-state index contributed by atoms with van der Waals surface area (Å²) in [7, 11) is 1.99. The van der Waals surface area contributed by atoms with Crippen LogP contribution in [-0.2, 0) is 20.1 Å². The Morgan fingerprint density at radius 3 is 3.10 bits per heavy atom. The molecule has 1 unspecified atom stereocenters. The number of rotatable bonds is 5. The van der Waals surface area contributed by atoms with Crippen LogP contribution in [0.1, 0.15) is 36.3 Å². The molecule has 0 amide bonds. The summed E-state index contributed by atoms with van der Waals surface area (Å²) in [5.41, 5.74) is 2.75. The van der Waals surface area contributed by atoms with Crippen molar-refractivity contribution in [3.8, 4) is 5.75 Å². The summed E-state index contributed by atoms with van der Waals surface area (Å²) < 4.78 is 7.98. The first-order valence-corrected chi connectivity index (χ1v) is 7.23. The number of fused-ring (bicyclic) bond motifs is 1. The molecular formula is C16H21N3O. The molecule has 1 aliphatic rings. The maximum Gasteiger partial charge on any atom is 0.146 e. The third kappa shape index (κ3) is 2.43. The minimum Gasteiger partial charge on any atom is -0.485 e. The molecule has 0 saturated carbocycles. The van der Waals surface area contributed by atoms with Gasteiger partial charge in [-0.3, -0.25) is 0 Å². The number of benzene rings is 1. The van der Waals surface area contributed by atoms with Crippen LogP contribution >= 0.6 is 0 Å². The Morgan fingerprint density at radius 2 is 2.35 bits per heavy atom. The lowest BCUT2D eigenvalue weighted by atomic mass is 10.1. The molecule has 1 heterocycles. The summed E-state index contributed by atoms with van der Waals surface area (Å²) in [5, 5.41) is 3.53. The third-order valence-electron chi connectivity index (χ3n) is 3.96. The molecule has 20 heavy (non-hydrogen) atoms. The predicted molar refractivity (Wildman–Crippen MR) is 78.7 cm³/mol. The van der Waals surface area contributed by atoms with E-state index < -0.39 is 0 Å². The Kier molecular flexibility index (Phi) is 3.74. The number of hydrogen-bond acceptors (Lipinski definition) is 3. The van der Waals surface area contributed by atoms with Gasteiger partial charge >= 0.3 is 0 Å². The fourth-order valence-electron chi connectivity index (χ4n) is 2.89. The van der Waals surface area contributed by atoms with E-state index in [1.54, 1.807) is 6.20 Å². The summed E-state index contributed by atoms with van der Waals surface area (Å²) in [5.74, 6) is 1.95. The lowest BCUT2D eigenvalue weighted by Crippen LogP contribution is -2.18. The second-order valence-corrected chi connectivity index (χ2v) is 5.22. The first kappa shape index (κ1) is 13.2. The van der Waals surface area contributed by atoms with Crippen LogP contribution in [-0.4, -0.2) is 16.1 Å². The smallest absolute Gasteiger partial charge is 0.146 e. The Balaban J connectivity index is 1.77. The first-order chi connectivity index (χ1) is 9.79. The van der Waals surface area contributed by atoms with E-state index >= 15 is 0 Å². The van der Waals surface area contributed by atoms with E-state index in [2.05, 4.69) is 35.4 Å². The Morgan fingerprint density at radius 1 is 1.45 bits per heavy atom. The highest BCUT2D eigenvalue weighted by atomic mass is 16.5. The molecule has 1 aromatic heterocycles. The number of aromatic nitrogens is 2. The van der Waals surface area contributed by atoms with Gasteiger partial charge in [-0.2, -0.15) is 0 Å². The van der Waals surface area contributed by atoms with Gasteiger partial charge in [0, 0.05) is 25.5 Å². The van der Waals surface area contributed by atoms with Crippen LogP contribution in [0.5, 0.6) is 5.75 Å². The SMILES string of the molecule is CCNC1CCc2c(OCc3nccn3C)cccc21. The summed E-state index contributed by atoms with van der Waals surface area (Å²) in [4.78, 5) is 4.29. The van der Waals surface area contributed by atoms with Crippen LogP contribution in [0, 0.1) is 0 Å². The average Bonchev–Trinajstić information content (AvgIpc) is 3.04. The van der Waals surface area contributed by atoms with Gasteiger partial charge in [-0.25, -0.2) is 4.98 Å². The third-order valence-corrected chi connectivity index (χ3v) is 3.96. The Hall–Kier alpha value is -1.81. The van der Waals surface area contributed by atoms with E-state index in [9.17, 15) is 0 Å². The van der Waals surface area contributed by atoms with Gasteiger partial charge in [0.05, 0.1) is 0 Å². The maximum absolute atomic E-state index is 5.99. The van der Waals surface area contributed by atoms with Gasteiger partial charge in [-0.05, 0) is 36.6 Å². The summed E-state index contributed by atoms with van der Waals surface area (Å²) >= 11 is 0. The number of nitrogens with one attached hydrogen (secondary N) is 1. The highest BCUT2D eigenvalue weighted by molar-refractivity contribution is 5.45. The van der Waals surface area contributed by atoms with Gasteiger partial charge in [0.2, 0.25) is 0 Å². The number of ether oxygens (including phenoxy) is 1. The van der Waals surface area contributed by atoms with E-state index in [1.165, 1.54) is 11.1 Å². The zero-order valence-corrected chi connectivity index (χ0v) is 12.1. The topological polar surface area (TPSA) is 39.1 Å². The van der Waals surface area contributed by atoms with Gasteiger partial charge < -0.3 is 14.6 Å². The molecular weight excluding hydrogens is 250 g/mol. The molecule has 2 aromatic rings. The van der Waals surface area contributed by atoms with E-state index in [4.69, 9.17) is 4.74 Å². The predicted octanol–water partition coefficient (Wildman–Crippen LogP) is 2.60. The average molecular weight is 271 g/mol. The molecule has 1 atom stereocenters. The number of hydrogen-bond donors (Lipinski definition) is 1. The lowest BCUT2D eigenvalue weighted by molar-refractivity contribution is 0.289. The summed E-state index contributed by atoms with van der Waals surface area (Å²) in [6.45, 7) is 3.67. The van der Waals surface area contributed by atoms with Crippen LogP contribution in [0.15, 0.2) is 30.6 Å². The van der Waals surface area contributed by atoms with Crippen molar-refractivity contribution in [2.75, 3.05) is 6.54 Å². The highest BCUT2D eigenvalue weighted by Crippen LogP contribution is 2.37. The molecule has 0 fully saturated rings. The lowest BCUT2D eigenvalue weighted by Gasteiger charge is -2.14. The second kappa shape index (κ2) is 5.67. The maximum atomic E-state index is 5.99. The molecule has 0 saturated heterocycles. The van der Waals surface area contributed by atoms with E-state index in [1.807, 2.05) is 17.8 Å². The molecule has 1 aromatic carbocycles. The van der Waals surface area contributed by atoms with Crippen molar-refractivity contribution in [2.45, 2.75) is 32.4 Å². The Labute approximate surface area is 119 Å². The molecule has 1 aliphatic carbocycles. The molecule has 0 radical (unpaired) electrons. The van der Waals surface area contributed by atoms with Crippen LogP contribution in [0.3, 0.4) is 0 Å². The Bertz CT molecular complexity index is 591. The zero-order chi connectivity index (χ0) is 13.9. The standard InChI is InChI=1S/C16H21N3O/c1-3-17-14-8-7-13-12(14)5-4-6-15(13)20-11-16-18-9-10-19(16)2/h4-6,9-10,14,17H,3,7-8,11H2,1-2H3. The van der Waals surface area contributed by atoms with Crippen molar-refractivity contribution >= 4 is 0 Å². The highest BCUT2D eigenvalue weighted by Gasteiger charge is 2.24. The molecule has 3 rings (SSSR count). The zero-order valence-electron chi connectivity index (χ0n) is 12.1.